The van der Waals surface area contributed by atoms with Crippen molar-refractivity contribution in [3.63, 3.8) is 0 Å². The maximum atomic E-state index is 5.94. The number of anilines is 2. The van der Waals surface area contributed by atoms with Gasteiger partial charge in [0.05, 0.1) is 5.69 Å². The maximum Gasteiger partial charge on any atom is 0.222 e. The second kappa shape index (κ2) is 9.75. The molecule has 1 heterocycles. The lowest BCUT2D eigenvalue weighted by Crippen LogP contribution is -2.06. The number of nitrogen functional groups attached to an aromatic ring is 2. The van der Waals surface area contributed by atoms with Gasteiger partial charge in [0.1, 0.15) is 5.82 Å². The fraction of sp³-hybridized carbons (Fsp3) is 0.412. The van der Waals surface area contributed by atoms with Crippen molar-refractivity contribution in [3.8, 4) is 11.1 Å². The Morgan fingerprint density at radius 1 is 0.905 bits per heavy atom. The van der Waals surface area contributed by atoms with Crippen molar-refractivity contribution in [1.82, 2.24) is 9.97 Å². The molecule has 0 bridgehead atoms. The summed E-state index contributed by atoms with van der Waals surface area (Å²) in [5.74, 6) is 0.674. The first kappa shape index (κ1) is 18.9. The van der Waals surface area contributed by atoms with Gasteiger partial charge in [0.25, 0.3) is 0 Å². The van der Waals surface area contributed by atoms with Crippen molar-refractivity contribution >= 4 is 11.8 Å². The third kappa shape index (κ3) is 5.06. The van der Waals surface area contributed by atoms with Gasteiger partial charge in [-0.1, -0.05) is 64.4 Å². The molecule has 0 aliphatic heterocycles. The van der Waals surface area contributed by atoms with Crippen LogP contribution in [-0.2, 0) is 6.42 Å². The zero-order chi connectivity index (χ0) is 16.4. The van der Waals surface area contributed by atoms with Gasteiger partial charge < -0.3 is 11.5 Å². The molecule has 0 radical (unpaired) electrons. The molecule has 1 aromatic heterocycles. The molecular weight excluding hydrogens is 260 g/mol. The molecule has 0 aliphatic rings. The zero-order valence-electron chi connectivity index (χ0n) is 14.1. The van der Waals surface area contributed by atoms with Crippen LogP contribution in [0.3, 0.4) is 0 Å². The van der Waals surface area contributed by atoms with Crippen LogP contribution in [0, 0.1) is 6.92 Å². The normalized spacial score (nSPS) is 9.05. The quantitative estimate of drug-likeness (QED) is 0.866. The highest BCUT2D eigenvalue weighted by Gasteiger charge is 2.11. The van der Waals surface area contributed by atoms with Crippen molar-refractivity contribution in [2.24, 2.45) is 0 Å². The van der Waals surface area contributed by atoms with Gasteiger partial charge in [-0.3, -0.25) is 0 Å². The third-order valence-electron chi connectivity index (χ3n) is 2.70. The minimum atomic E-state index is 0.232. The first-order valence-electron chi connectivity index (χ1n) is 7.60. The summed E-state index contributed by atoms with van der Waals surface area (Å²) in [7, 11) is 0. The smallest absolute Gasteiger partial charge is 0.222 e. The molecule has 0 amide bonds. The maximum absolute atomic E-state index is 5.94. The van der Waals surface area contributed by atoms with E-state index >= 15 is 0 Å². The minimum Gasteiger partial charge on any atom is -0.383 e. The fourth-order valence-electron chi connectivity index (χ4n) is 1.84. The highest BCUT2D eigenvalue weighted by atomic mass is 15.0. The van der Waals surface area contributed by atoms with Gasteiger partial charge in [0.15, 0.2) is 0 Å². The predicted molar refractivity (Wildman–Crippen MR) is 93.1 cm³/mol. The lowest BCUT2D eigenvalue weighted by molar-refractivity contribution is 1.02. The molecule has 0 unspecified atom stereocenters. The van der Waals surface area contributed by atoms with Crippen LogP contribution in [0.15, 0.2) is 24.3 Å². The molecule has 0 saturated carbocycles. The van der Waals surface area contributed by atoms with E-state index < -0.39 is 0 Å². The topological polar surface area (TPSA) is 77.8 Å². The average Bonchev–Trinajstić information content (AvgIpc) is 2.52. The lowest BCUT2D eigenvalue weighted by atomic mass is 10.0. The van der Waals surface area contributed by atoms with Crippen LogP contribution in [0.1, 0.15) is 45.9 Å². The molecular formula is C17H28N4. The molecule has 2 aromatic rings. The van der Waals surface area contributed by atoms with E-state index in [0.717, 1.165) is 23.2 Å². The Bertz CT molecular complexity index is 533. The molecule has 116 valence electrons. The first-order chi connectivity index (χ1) is 10.1. The Hall–Kier alpha value is -2.10. The van der Waals surface area contributed by atoms with E-state index in [1.54, 1.807) is 0 Å². The summed E-state index contributed by atoms with van der Waals surface area (Å²) in [6.07, 6.45) is 0.778. The van der Waals surface area contributed by atoms with E-state index in [1.165, 1.54) is 5.56 Å². The molecule has 0 spiro atoms. The van der Waals surface area contributed by atoms with Gasteiger partial charge in [0.2, 0.25) is 5.95 Å². The van der Waals surface area contributed by atoms with Crippen molar-refractivity contribution < 1.29 is 0 Å². The Balaban J connectivity index is 0.000000921. The number of aromatic nitrogens is 2. The van der Waals surface area contributed by atoms with Crippen LogP contribution >= 0.6 is 0 Å². The Morgan fingerprint density at radius 2 is 1.43 bits per heavy atom. The van der Waals surface area contributed by atoms with Gasteiger partial charge >= 0.3 is 0 Å². The molecule has 1 aromatic carbocycles. The van der Waals surface area contributed by atoms with E-state index in [9.17, 15) is 0 Å². The van der Waals surface area contributed by atoms with Crippen LogP contribution < -0.4 is 11.5 Å². The van der Waals surface area contributed by atoms with Crippen molar-refractivity contribution in [2.75, 3.05) is 11.5 Å². The molecule has 4 N–H and O–H groups in total. The second-order valence-corrected chi connectivity index (χ2v) is 4.01. The summed E-state index contributed by atoms with van der Waals surface area (Å²) < 4.78 is 0. The summed E-state index contributed by atoms with van der Waals surface area (Å²) >= 11 is 0. The molecule has 4 heteroatoms. The molecule has 0 atom stereocenters. The van der Waals surface area contributed by atoms with E-state index in [4.69, 9.17) is 11.5 Å². The molecule has 21 heavy (non-hydrogen) atoms. The van der Waals surface area contributed by atoms with Crippen molar-refractivity contribution in [1.29, 1.82) is 0 Å². The number of benzene rings is 1. The highest BCUT2D eigenvalue weighted by molar-refractivity contribution is 5.76. The van der Waals surface area contributed by atoms with E-state index in [-0.39, 0.29) is 5.95 Å². The van der Waals surface area contributed by atoms with E-state index in [2.05, 4.69) is 9.97 Å². The number of rotatable bonds is 2. The lowest BCUT2D eigenvalue weighted by Gasteiger charge is -2.10. The third-order valence-corrected chi connectivity index (χ3v) is 2.70. The molecule has 0 aliphatic carbocycles. The summed E-state index contributed by atoms with van der Waals surface area (Å²) in [6, 6.07) is 8.15. The van der Waals surface area contributed by atoms with Crippen LogP contribution in [-0.4, -0.2) is 9.97 Å². The SMILES string of the molecule is CC.CC.CCc1nc(N)nc(N)c1-c1ccc(C)cc1. The van der Waals surface area contributed by atoms with Gasteiger partial charge in [-0.25, -0.2) is 4.98 Å². The Labute approximate surface area is 128 Å². The van der Waals surface area contributed by atoms with E-state index in [1.807, 2.05) is 65.8 Å². The standard InChI is InChI=1S/C13H16N4.2C2H6/c1-3-10-11(12(14)17-13(15)16-10)9-6-4-8(2)5-7-9;2*1-2/h4-7H,3H2,1-2H3,(H4,14,15,16,17);2*1-2H3. The van der Waals surface area contributed by atoms with Crippen LogP contribution in [0.25, 0.3) is 11.1 Å². The van der Waals surface area contributed by atoms with Crippen LogP contribution in [0.4, 0.5) is 11.8 Å². The Morgan fingerprint density at radius 3 is 1.90 bits per heavy atom. The summed E-state index contributed by atoms with van der Waals surface area (Å²) in [5, 5.41) is 0. The molecule has 4 nitrogen and oxygen atoms in total. The van der Waals surface area contributed by atoms with Crippen molar-refractivity contribution in [2.45, 2.75) is 48.0 Å². The van der Waals surface area contributed by atoms with Gasteiger partial charge in [-0.05, 0) is 18.9 Å². The first-order valence-corrected chi connectivity index (χ1v) is 7.60. The molecule has 2 rings (SSSR count). The summed E-state index contributed by atoms with van der Waals surface area (Å²) in [4.78, 5) is 8.26. The van der Waals surface area contributed by atoms with E-state index in [0.29, 0.717) is 5.82 Å². The average molecular weight is 288 g/mol. The largest absolute Gasteiger partial charge is 0.383 e. The number of nitrogens with zero attached hydrogens (tertiary/aromatic N) is 2. The highest BCUT2D eigenvalue weighted by Crippen LogP contribution is 2.28. The fourth-order valence-corrected chi connectivity index (χ4v) is 1.84. The van der Waals surface area contributed by atoms with Gasteiger partial charge in [-0.2, -0.15) is 4.98 Å². The summed E-state index contributed by atoms with van der Waals surface area (Å²) in [5.41, 5.74) is 15.6. The second-order valence-electron chi connectivity index (χ2n) is 4.01. The summed E-state index contributed by atoms with van der Waals surface area (Å²) in [6.45, 7) is 12.1. The number of hydrogen-bond acceptors (Lipinski definition) is 4. The van der Waals surface area contributed by atoms with Crippen LogP contribution in [0.5, 0.6) is 0 Å². The Kier molecular flexibility index (Phi) is 8.77. The predicted octanol–water partition coefficient (Wildman–Crippen LogP) is 4.23. The number of hydrogen-bond donors (Lipinski definition) is 2. The molecule has 0 saturated heterocycles. The molecule has 0 fully saturated rings. The minimum absolute atomic E-state index is 0.232. The van der Waals surface area contributed by atoms with Crippen molar-refractivity contribution in [3.05, 3.63) is 35.5 Å². The zero-order valence-corrected chi connectivity index (χ0v) is 14.1. The monoisotopic (exact) mass is 288 g/mol. The van der Waals surface area contributed by atoms with Gasteiger partial charge in [0, 0.05) is 5.56 Å². The number of nitrogens with two attached hydrogens (primary N) is 2. The number of aryl methyl sites for hydroxylation is 2. The van der Waals surface area contributed by atoms with Gasteiger partial charge in [-0.15, -0.1) is 0 Å². The van der Waals surface area contributed by atoms with Crippen LogP contribution in [0.2, 0.25) is 0 Å².